The summed E-state index contributed by atoms with van der Waals surface area (Å²) in [5.74, 6) is 0.915. The van der Waals surface area contributed by atoms with E-state index >= 15 is 0 Å². The van der Waals surface area contributed by atoms with Gasteiger partial charge in [-0.25, -0.2) is 0 Å². The lowest BCUT2D eigenvalue weighted by Gasteiger charge is -2.23. The molecule has 2 amide bonds. The van der Waals surface area contributed by atoms with Crippen LogP contribution >= 0.6 is 0 Å². The number of amides is 2. The zero-order valence-electron chi connectivity index (χ0n) is 16.3. The van der Waals surface area contributed by atoms with E-state index in [2.05, 4.69) is 5.32 Å². The number of ether oxygens (including phenoxy) is 2. The molecule has 1 N–H and O–H groups in total. The van der Waals surface area contributed by atoms with Crippen LogP contribution in [0.1, 0.15) is 35.7 Å². The second kappa shape index (κ2) is 9.26. The van der Waals surface area contributed by atoms with Crippen molar-refractivity contribution >= 4 is 11.8 Å². The predicted octanol–water partition coefficient (Wildman–Crippen LogP) is 3.01. The maximum atomic E-state index is 12.8. The van der Waals surface area contributed by atoms with E-state index in [1.807, 2.05) is 42.2 Å². The summed E-state index contributed by atoms with van der Waals surface area (Å²) in [6.07, 6.45) is 2.01. The van der Waals surface area contributed by atoms with E-state index < -0.39 is 0 Å². The summed E-state index contributed by atoms with van der Waals surface area (Å²) < 4.78 is 10.7. The van der Waals surface area contributed by atoms with Gasteiger partial charge in [-0.2, -0.15) is 0 Å². The van der Waals surface area contributed by atoms with Crippen LogP contribution in [-0.2, 0) is 11.3 Å². The molecule has 6 heteroatoms. The fraction of sp³-hybridized carbons (Fsp3) is 0.364. The second-order valence-corrected chi connectivity index (χ2v) is 6.71. The van der Waals surface area contributed by atoms with Crippen LogP contribution in [0.25, 0.3) is 0 Å². The van der Waals surface area contributed by atoms with E-state index in [0.29, 0.717) is 24.5 Å². The molecule has 1 fully saturated rings. The largest absolute Gasteiger partial charge is 0.497 e. The van der Waals surface area contributed by atoms with Gasteiger partial charge in [-0.15, -0.1) is 0 Å². The van der Waals surface area contributed by atoms with Gasteiger partial charge in [0.15, 0.2) is 0 Å². The van der Waals surface area contributed by atoms with Crippen molar-refractivity contribution in [1.29, 1.82) is 0 Å². The van der Waals surface area contributed by atoms with E-state index in [-0.39, 0.29) is 24.4 Å². The molecule has 6 nitrogen and oxygen atoms in total. The Balaban J connectivity index is 1.61. The maximum absolute atomic E-state index is 12.8. The van der Waals surface area contributed by atoms with Crippen molar-refractivity contribution < 1.29 is 19.1 Å². The SMILES string of the molecule is CCOc1ccccc1C(=O)NCC(=O)N(Cc1ccc(OC)cc1)C1CC1. The van der Waals surface area contributed by atoms with Crippen molar-refractivity contribution in [1.82, 2.24) is 10.2 Å². The second-order valence-electron chi connectivity index (χ2n) is 6.71. The molecule has 0 atom stereocenters. The van der Waals surface area contributed by atoms with Gasteiger partial charge < -0.3 is 19.7 Å². The Morgan fingerprint density at radius 2 is 1.82 bits per heavy atom. The van der Waals surface area contributed by atoms with Crippen molar-refractivity contribution in [3.05, 3.63) is 59.7 Å². The van der Waals surface area contributed by atoms with Gasteiger partial charge in [-0.1, -0.05) is 24.3 Å². The fourth-order valence-corrected chi connectivity index (χ4v) is 3.02. The highest BCUT2D eigenvalue weighted by atomic mass is 16.5. The number of nitrogens with one attached hydrogen (secondary N) is 1. The molecule has 1 aliphatic rings. The molecule has 1 saturated carbocycles. The van der Waals surface area contributed by atoms with Crippen molar-refractivity contribution in [3.8, 4) is 11.5 Å². The Labute approximate surface area is 165 Å². The van der Waals surface area contributed by atoms with E-state index in [9.17, 15) is 9.59 Å². The summed E-state index contributed by atoms with van der Waals surface area (Å²) in [4.78, 5) is 27.1. The number of carbonyl (C=O) groups is 2. The molecule has 1 aliphatic carbocycles. The lowest BCUT2D eigenvalue weighted by molar-refractivity contribution is -0.131. The molecule has 148 valence electrons. The third-order valence-corrected chi connectivity index (χ3v) is 4.65. The first-order chi connectivity index (χ1) is 13.6. The van der Waals surface area contributed by atoms with Crippen LogP contribution in [0.2, 0.25) is 0 Å². The van der Waals surface area contributed by atoms with E-state index in [1.54, 1.807) is 25.3 Å². The molecule has 28 heavy (non-hydrogen) atoms. The molecule has 0 aliphatic heterocycles. The minimum absolute atomic E-state index is 0.0358. The van der Waals surface area contributed by atoms with Crippen LogP contribution in [0.4, 0.5) is 0 Å². The monoisotopic (exact) mass is 382 g/mol. The number of nitrogens with zero attached hydrogens (tertiary/aromatic N) is 1. The lowest BCUT2D eigenvalue weighted by atomic mass is 10.2. The molecule has 0 saturated heterocycles. The average Bonchev–Trinajstić information content (AvgIpc) is 3.56. The summed E-state index contributed by atoms with van der Waals surface area (Å²) in [6.45, 7) is 2.83. The van der Waals surface area contributed by atoms with Gasteiger partial charge in [0.1, 0.15) is 11.5 Å². The van der Waals surface area contributed by atoms with Gasteiger partial charge in [-0.3, -0.25) is 9.59 Å². The van der Waals surface area contributed by atoms with Crippen molar-refractivity contribution in [3.63, 3.8) is 0 Å². The first kappa shape index (κ1) is 19.7. The molecule has 3 rings (SSSR count). The van der Waals surface area contributed by atoms with Crippen molar-refractivity contribution in [2.24, 2.45) is 0 Å². The number of hydrogen-bond acceptors (Lipinski definition) is 4. The van der Waals surface area contributed by atoms with Gasteiger partial charge in [0.25, 0.3) is 5.91 Å². The quantitative estimate of drug-likeness (QED) is 0.724. The molecule has 0 unspecified atom stereocenters. The third kappa shape index (κ3) is 5.03. The van der Waals surface area contributed by atoms with Gasteiger partial charge in [0, 0.05) is 12.6 Å². The van der Waals surface area contributed by atoms with Gasteiger partial charge in [0.2, 0.25) is 5.91 Å². The van der Waals surface area contributed by atoms with E-state index in [4.69, 9.17) is 9.47 Å². The maximum Gasteiger partial charge on any atom is 0.255 e. The topological polar surface area (TPSA) is 67.9 Å². The standard InChI is InChI=1S/C22H26N2O4/c1-3-28-20-7-5-4-6-19(20)22(26)23-14-21(25)24(17-10-11-17)15-16-8-12-18(27-2)13-9-16/h4-9,12-13,17H,3,10-11,14-15H2,1-2H3,(H,23,26). The average molecular weight is 382 g/mol. The first-order valence-electron chi connectivity index (χ1n) is 9.54. The summed E-state index contributed by atoms with van der Waals surface area (Å²) in [7, 11) is 1.63. The van der Waals surface area contributed by atoms with E-state index in [1.165, 1.54) is 0 Å². The van der Waals surface area contributed by atoms with Crippen molar-refractivity contribution in [2.45, 2.75) is 32.4 Å². The fourth-order valence-electron chi connectivity index (χ4n) is 3.02. The minimum atomic E-state index is -0.308. The van der Waals surface area contributed by atoms with Gasteiger partial charge in [-0.05, 0) is 49.6 Å². The van der Waals surface area contributed by atoms with Crippen LogP contribution in [0, 0.1) is 0 Å². The lowest BCUT2D eigenvalue weighted by Crippen LogP contribution is -2.41. The van der Waals surface area contributed by atoms with Crippen LogP contribution in [0.15, 0.2) is 48.5 Å². The molecule has 0 heterocycles. The van der Waals surface area contributed by atoms with Crippen LogP contribution in [-0.4, -0.2) is 43.0 Å². The van der Waals surface area contributed by atoms with Gasteiger partial charge in [0.05, 0.1) is 25.8 Å². The Hall–Kier alpha value is -3.02. The predicted molar refractivity (Wildman–Crippen MR) is 107 cm³/mol. The molecule has 0 spiro atoms. The number of carbonyl (C=O) groups excluding carboxylic acids is 2. The number of methoxy groups -OCH3 is 1. The van der Waals surface area contributed by atoms with Crippen LogP contribution in [0.3, 0.4) is 0 Å². The number of hydrogen-bond donors (Lipinski definition) is 1. The highest BCUT2D eigenvalue weighted by Crippen LogP contribution is 2.28. The van der Waals surface area contributed by atoms with Crippen LogP contribution in [0.5, 0.6) is 11.5 Å². The summed E-state index contributed by atoms with van der Waals surface area (Å²) in [5, 5.41) is 2.73. The Morgan fingerprint density at radius 1 is 1.11 bits per heavy atom. The molecule has 0 aromatic heterocycles. The smallest absolute Gasteiger partial charge is 0.255 e. The van der Waals surface area contributed by atoms with Crippen molar-refractivity contribution in [2.75, 3.05) is 20.3 Å². The summed E-state index contributed by atoms with van der Waals surface area (Å²) in [6, 6.07) is 15.0. The molecule has 2 aromatic carbocycles. The first-order valence-corrected chi connectivity index (χ1v) is 9.54. The van der Waals surface area contributed by atoms with Crippen LogP contribution < -0.4 is 14.8 Å². The Kier molecular flexibility index (Phi) is 6.53. The zero-order chi connectivity index (χ0) is 19.9. The summed E-state index contributed by atoms with van der Waals surface area (Å²) in [5.41, 5.74) is 1.47. The molecule has 0 bridgehead atoms. The Morgan fingerprint density at radius 3 is 2.46 bits per heavy atom. The number of para-hydroxylation sites is 1. The third-order valence-electron chi connectivity index (χ3n) is 4.65. The number of benzene rings is 2. The minimum Gasteiger partial charge on any atom is -0.497 e. The highest BCUT2D eigenvalue weighted by Gasteiger charge is 2.32. The molecular weight excluding hydrogens is 356 g/mol. The number of rotatable bonds is 9. The molecule has 2 aromatic rings. The molecular formula is C22H26N2O4. The zero-order valence-corrected chi connectivity index (χ0v) is 16.3. The normalized spacial score (nSPS) is 12.9. The highest BCUT2D eigenvalue weighted by molar-refractivity contribution is 5.98. The Bertz CT molecular complexity index is 816. The van der Waals surface area contributed by atoms with E-state index in [0.717, 1.165) is 24.2 Å². The summed E-state index contributed by atoms with van der Waals surface area (Å²) >= 11 is 0. The van der Waals surface area contributed by atoms with Gasteiger partial charge >= 0.3 is 0 Å². The molecule has 0 radical (unpaired) electrons.